The molecule has 0 aliphatic heterocycles. The highest BCUT2D eigenvalue weighted by molar-refractivity contribution is 7.99. The molecule has 3 rings (SSSR count). The van der Waals surface area contributed by atoms with Gasteiger partial charge in [-0.3, -0.25) is 20.0 Å². The third-order valence-corrected chi connectivity index (χ3v) is 4.48. The smallest absolute Gasteiger partial charge is 0.271 e. The largest absolute Gasteiger partial charge is 0.495 e. The zero-order chi connectivity index (χ0) is 20.6. The van der Waals surface area contributed by atoms with E-state index in [2.05, 4.69) is 20.5 Å². The van der Waals surface area contributed by atoms with Gasteiger partial charge >= 0.3 is 0 Å². The van der Waals surface area contributed by atoms with Crippen molar-refractivity contribution in [3.8, 4) is 11.5 Å². The van der Waals surface area contributed by atoms with Crippen molar-refractivity contribution in [1.29, 1.82) is 0 Å². The number of benzene rings is 2. The normalized spacial score (nSPS) is 10.4. The molecule has 10 nitrogen and oxygen atoms in total. The number of non-ortho nitro benzene ring substituents is 1. The van der Waals surface area contributed by atoms with Gasteiger partial charge in [-0.2, -0.15) is 0 Å². The Morgan fingerprint density at radius 3 is 2.79 bits per heavy atom. The van der Waals surface area contributed by atoms with Gasteiger partial charge in [-0.1, -0.05) is 30.0 Å². The SMILES string of the molecule is COc1ccc([N+](=O)[O-])cc1NC(=O)CSc1n[nH]c(COc2ccccc2)n1. The number of nitrogens with one attached hydrogen (secondary N) is 2. The van der Waals surface area contributed by atoms with Crippen molar-refractivity contribution in [2.24, 2.45) is 0 Å². The Hall–Kier alpha value is -3.60. The molecular formula is C18H17N5O5S. The third kappa shape index (κ3) is 5.69. The quantitative estimate of drug-likeness (QED) is 0.310. The minimum Gasteiger partial charge on any atom is -0.495 e. The van der Waals surface area contributed by atoms with Crippen molar-refractivity contribution in [2.45, 2.75) is 11.8 Å². The molecule has 2 N–H and O–H groups in total. The molecule has 0 aliphatic carbocycles. The van der Waals surface area contributed by atoms with Gasteiger partial charge in [-0.15, -0.1) is 5.10 Å². The highest BCUT2D eigenvalue weighted by Gasteiger charge is 2.15. The van der Waals surface area contributed by atoms with E-state index in [1.807, 2.05) is 30.3 Å². The van der Waals surface area contributed by atoms with E-state index in [4.69, 9.17) is 9.47 Å². The second-order valence-corrected chi connectivity index (χ2v) is 6.59. The number of carbonyl (C=O) groups is 1. The maximum absolute atomic E-state index is 12.2. The van der Waals surface area contributed by atoms with E-state index >= 15 is 0 Å². The molecule has 0 atom stereocenters. The molecule has 0 radical (unpaired) electrons. The molecule has 29 heavy (non-hydrogen) atoms. The average Bonchev–Trinajstić information content (AvgIpc) is 3.19. The van der Waals surface area contributed by atoms with E-state index in [1.165, 1.54) is 25.3 Å². The first-order chi connectivity index (χ1) is 14.0. The van der Waals surface area contributed by atoms with Crippen molar-refractivity contribution in [3.63, 3.8) is 0 Å². The summed E-state index contributed by atoms with van der Waals surface area (Å²) in [5.41, 5.74) is 0.0741. The number of methoxy groups -OCH3 is 1. The number of aromatic nitrogens is 3. The predicted molar refractivity (Wildman–Crippen MR) is 106 cm³/mol. The zero-order valence-corrected chi connectivity index (χ0v) is 16.1. The number of hydrogen-bond acceptors (Lipinski definition) is 8. The minimum absolute atomic E-state index is 0.0165. The lowest BCUT2D eigenvalue weighted by molar-refractivity contribution is -0.384. The van der Waals surface area contributed by atoms with Crippen LogP contribution in [0.5, 0.6) is 11.5 Å². The van der Waals surface area contributed by atoms with E-state index in [-0.39, 0.29) is 29.6 Å². The summed E-state index contributed by atoms with van der Waals surface area (Å²) in [7, 11) is 1.41. The number of nitro benzene ring substituents is 1. The summed E-state index contributed by atoms with van der Waals surface area (Å²) in [5, 5.41) is 20.7. The number of H-pyrrole nitrogens is 1. The Bertz CT molecular complexity index is 995. The maximum atomic E-state index is 12.2. The van der Waals surface area contributed by atoms with Gasteiger partial charge < -0.3 is 14.8 Å². The Kier molecular flexibility index (Phi) is 6.63. The number of nitro groups is 1. The predicted octanol–water partition coefficient (Wildman–Crippen LogP) is 3.03. The molecule has 1 amide bonds. The van der Waals surface area contributed by atoms with Gasteiger partial charge in [0.15, 0.2) is 5.82 Å². The van der Waals surface area contributed by atoms with Crippen molar-refractivity contribution in [3.05, 3.63) is 64.5 Å². The molecule has 0 aliphatic rings. The van der Waals surface area contributed by atoms with E-state index < -0.39 is 4.92 Å². The van der Waals surface area contributed by atoms with Crippen LogP contribution in [-0.4, -0.2) is 38.9 Å². The molecule has 3 aromatic rings. The van der Waals surface area contributed by atoms with E-state index in [9.17, 15) is 14.9 Å². The first-order valence-electron chi connectivity index (χ1n) is 8.39. The summed E-state index contributed by atoms with van der Waals surface area (Å²) < 4.78 is 10.7. The van der Waals surface area contributed by atoms with E-state index in [0.717, 1.165) is 11.8 Å². The van der Waals surface area contributed by atoms with Crippen LogP contribution in [-0.2, 0) is 11.4 Å². The third-order valence-electron chi connectivity index (χ3n) is 3.63. The van der Waals surface area contributed by atoms with Crippen LogP contribution in [0.2, 0.25) is 0 Å². The topological polar surface area (TPSA) is 132 Å². The van der Waals surface area contributed by atoms with Gasteiger partial charge in [0.1, 0.15) is 18.1 Å². The molecule has 2 aromatic carbocycles. The standard InChI is InChI=1S/C18H17N5O5S/c1-27-15-8-7-12(23(25)26)9-14(15)19-17(24)11-29-18-20-16(21-22-18)10-28-13-5-3-2-4-6-13/h2-9H,10-11H2,1H3,(H,19,24)(H,20,21,22). The van der Waals surface area contributed by atoms with Crippen LogP contribution >= 0.6 is 11.8 Å². The average molecular weight is 415 g/mol. The molecule has 11 heteroatoms. The van der Waals surface area contributed by atoms with Gasteiger partial charge in [-0.25, -0.2) is 4.98 Å². The lowest BCUT2D eigenvalue weighted by Gasteiger charge is -2.09. The van der Waals surface area contributed by atoms with Crippen molar-refractivity contribution < 1.29 is 19.2 Å². The van der Waals surface area contributed by atoms with Crippen LogP contribution in [0.1, 0.15) is 5.82 Å². The second kappa shape index (κ2) is 9.55. The first-order valence-corrected chi connectivity index (χ1v) is 9.38. The van der Waals surface area contributed by atoms with Gasteiger partial charge in [-0.05, 0) is 18.2 Å². The number of nitrogens with zero attached hydrogens (tertiary/aromatic N) is 3. The maximum Gasteiger partial charge on any atom is 0.271 e. The summed E-state index contributed by atoms with van der Waals surface area (Å²) in [4.78, 5) is 26.8. The summed E-state index contributed by atoms with van der Waals surface area (Å²) in [5.74, 6) is 1.20. The number of ether oxygens (including phenoxy) is 2. The van der Waals surface area contributed by atoms with E-state index in [1.54, 1.807) is 0 Å². The Morgan fingerprint density at radius 2 is 2.07 bits per heavy atom. The minimum atomic E-state index is -0.545. The van der Waals surface area contributed by atoms with Crippen molar-refractivity contribution >= 4 is 29.0 Å². The second-order valence-electron chi connectivity index (χ2n) is 5.64. The Labute approximate surface area is 169 Å². The fourth-order valence-corrected chi connectivity index (χ4v) is 2.92. The number of carbonyl (C=O) groups excluding carboxylic acids is 1. The summed E-state index contributed by atoms with van der Waals surface area (Å²) in [6.45, 7) is 0.217. The number of amides is 1. The highest BCUT2D eigenvalue weighted by Crippen LogP contribution is 2.29. The zero-order valence-electron chi connectivity index (χ0n) is 15.3. The number of rotatable bonds is 9. The fraction of sp³-hybridized carbons (Fsp3) is 0.167. The molecule has 0 spiro atoms. The van der Waals surface area contributed by atoms with Crippen LogP contribution in [0.15, 0.2) is 53.7 Å². The molecule has 0 saturated heterocycles. The van der Waals surface area contributed by atoms with Crippen LogP contribution in [0.25, 0.3) is 0 Å². The van der Waals surface area contributed by atoms with E-state index in [0.29, 0.717) is 22.5 Å². The van der Waals surface area contributed by atoms with Gasteiger partial charge in [0.2, 0.25) is 11.1 Å². The lowest BCUT2D eigenvalue weighted by Crippen LogP contribution is -2.15. The van der Waals surface area contributed by atoms with Gasteiger partial charge in [0, 0.05) is 12.1 Å². The summed E-state index contributed by atoms with van der Waals surface area (Å²) in [6.07, 6.45) is 0. The van der Waals surface area contributed by atoms with Crippen LogP contribution in [0, 0.1) is 10.1 Å². The molecule has 0 fully saturated rings. The first kappa shape index (κ1) is 20.1. The number of para-hydroxylation sites is 1. The molecule has 0 bridgehead atoms. The number of anilines is 1. The Balaban J connectivity index is 1.53. The van der Waals surface area contributed by atoms with Crippen molar-refractivity contribution in [1.82, 2.24) is 15.2 Å². The van der Waals surface area contributed by atoms with Gasteiger partial charge in [0.25, 0.3) is 5.69 Å². The fourth-order valence-electron chi connectivity index (χ4n) is 2.30. The van der Waals surface area contributed by atoms with Crippen LogP contribution in [0.4, 0.5) is 11.4 Å². The number of thioether (sulfide) groups is 1. The number of hydrogen-bond donors (Lipinski definition) is 2. The lowest BCUT2D eigenvalue weighted by atomic mass is 10.2. The van der Waals surface area contributed by atoms with Gasteiger partial charge in [0.05, 0.1) is 23.5 Å². The molecule has 0 saturated carbocycles. The molecule has 150 valence electrons. The Morgan fingerprint density at radius 1 is 1.28 bits per heavy atom. The monoisotopic (exact) mass is 415 g/mol. The molecule has 0 unspecified atom stereocenters. The van der Waals surface area contributed by atoms with Crippen LogP contribution < -0.4 is 14.8 Å². The summed E-state index contributed by atoms with van der Waals surface area (Å²) in [6, 6.07) is 13.3. The van der Waals surface area contributed by atoms with Crippen LogP contribution in [0.3, 0.4) is 0 Å². The van der Waals surface area contributed by atoms with Crippen molar-refractivity contribution in [2.75, 3.05) is 18.2 Å². The number of aromatic amines is 1. The highest BCUT2D eigenvalue weighted by atomic mass is 32.2. The summed E-state index contributed by atoms with van der Waals surface area (Å²) >= 11 is 1.12. The molecule has 1 aromatic heterocycles. The molecule has 1 heterocycles. The molecular weight excluding hydrogens is 398 g/mol.